The molecular formula is C14H25NO3. The number of likely N-dealkylation sites (tertiary alicyclic amines) is 1. The molecule has 0 atom stereocenters. The van der Waals surface area contributed by atoms with Crippen LogP contribution >= 0.6 is 0 Å². The largest absolute Gasteiger partial charge is 0.481 e. The summed E-state index contributed by atoms with van der Waals surface area (Å²) in [6.07, 6.45) is 4.66. The Bertz CT molecular complexity index is 304. The lowest BCUT2D eigenvalue weighted by Gasteiger charge is -2.33. The topological polar surface area (TPSA) is 57.6 Å². The lowest BCUT2D eigenvalue weighted by atomic mass is 9.87. The van der Waals surface area contributed by atoms with E-state index in [9.17, 15) is 9.59 Å². The summed E-state index contributed by atoms with van der Waals surface area (Å²) in [6, 6.07) is 0. The minimum absolute atomic E-state index is 0.0163. The highest BCUT2D eigenvalue weighted by molar-refractivity contribution is 5.84. The molecule has 0 spiro atoms. The van der Waals surface area contributed by atoms with Gasteiger partial charge < -0.3 is 10.0 Å². The molecule has 1 rings (SSSR count). The van der Waals surface area contributed by atoms with Crippen molar-refractivity contribution in [2.45, 2.75) is 52.9 Å². The van der Waals surface area contributed by atoms with Crippen LogP contribution in [0.25, 0.3) is 0 Å². The van der Waals surface area contributed by atoms with E-state index in [1.54, 1.807) is 13.8 Å². The van der Waals surface area contributed by atoms with Crippen molar-refractivity contribution in [2.75, 3.05) is 13.1 Å². The molecule has 0 aromatic rings. The Kier molecular flexibility index (Phi) is 5.17. The SMILES string of the molecule is CCCC1CCN(C(=O)CC(C)(C)C(=O)O)CC1. The summed E-state index contributed by atoms with van der Waals surface area (Å²) in [4.78, 5) is 24.9. The fourth-order valence-corrected chi connectivity index (χ4v) is 2.44. The molecule has 1 saturated heterocycles. The van der Waals surface area contributed by atoms with E-state index >= 15 is 0 Å². The number of carbonyl (C=O) groups is 2. The van der Waals surface area contributed by atoms with E-state index in [4.69, 9.17) is 5.11 Å². The fourth-order valence-electron chi connectivity index (χ4n) is 2.44. The highest BCUT2D eigenvalue weighted by Gasteiger charge is 2.33. The minimum atomic E-state index is -0.961. The second kappa shape index (κ2) is 6.21. The zero-order valence-corrected chi connectivity index (χ0v) is 11.7. The molecule has 1 amide bonds. The number of piperidine rings is 1. The first-order valence-electron chi connectivity index (χ1n) is 6.88. The number of hydrogen-bond donors (Lipinski definition) is 1. The summed E-state index contributed by atoms with van der Waals surface area (Å²) in [5.74, 6) is -0.180. The van der Waals surface area contributed by atoms with Crippen molar-refractivity contribution in [1.29, 1.82) is 0 Å². The summed E-state index contributed by atoms with van der Waals surface area (Å²) in [5.41, 5.74) is -0.961. The van der Waals surface area contributed by atoms with E-state index in [0.717, 1.165) is 31.8 Å². The number of carbonyl (C=O) groups excluding carboxylic acids is 1. The maximum Gasteiger partial charge on any atom is 0.309 e. The van der Waals surface area contributed by atoms with Crippen molar-refractivity contribution in [3.05, 3.63) is 0 Å². The Morgan fingerprint density at radius 1 is 1.28 bits per heavy atom. The zero-order valence-electron chi connectivity index (χ0n) is 11.7. The van der Waals surface area contributed by atoms with Gasteiger partial charge in [-0.15, -0.1) is 0 Å². The zero-order chi connectivity index (χ0) is 13.8. The molecule has 4 nitrogen and oxygen atoms in total. The summed E-state index contributed by atoms with van der Waals surface area (Å²) in [5, 5.41) is 9.03. The molecule has 1 fully saturated rings. The van der Waals surface area contributed by atoms with Gasteiger partial charge in [0.1, 0.15) is 0 Å². The first kappa shape index (κ1) is 15.0. The van der Waals surface area contributed by atoms with E-state index in [1.165, 1.54) is 12.8 Å². The lowest BCUT2D eigenvalue weighted by molar-refractivity contribution is -0.151. The molecule has 0 unspecified atom stereocenters. The van der Waals surface area contributed by atoms with Gasteiger partial charge in [-0.05, 0) is 32.6 Å². The molecule has 0 aromatic heterocycles. The molecule has 0 bridgehead atoms. The standard InChI is InChI=1S/C14H25NO3/c1-4-5-11-6-8-15(9-7-11)12(16)10-14(2,3)13(17)18/h11H,4-10H2,1-3H3,(H,17,18). The number of nitrogens with zero attached hydrogens (tertiary/aromatic N) is 1. The van der Waals surface area contributed by atoms with Crippen LogP contribution in [-0.2, 0) is 9.59 Å². The normalized spacial score (nSPS) is 17.8. The van der Waals surface area contributed by atoms with Crippen LogP contribution in [0.3, 0.4) is 0 Å². The first-order valence-corrected chi connectivity index (χ1v) is 6.88. The second-order valence-electron chi connectivity index (χ2n) is 5.98. The van der Waals surface area contributed by atoms with Gasteiger partial charge in [0.2, 0.25) is 5.91 Å². The average molecular weight is 255 g/mol. The van der Waals surface area contributed by atoms with Crippen molar-refractivity contribution in [3.8, 4) is 0 Å². The van der Waals surface area contributed by atoms with Gasteiger partial charge in [0.15, 0.2) is 0 Å². The van der Waals surface area contributed by atoms with E-state index < -0.39 is 11.4 Å². The predicted octanol–water partition coefficient (Wildman–Crippen LogP) is 2.53. The van der Waals surface area contributed by atoms with E-state index in [2.05, 4.69) is 6.92 Å². The van der Waals surface area contributed by atoms with Crippen LogP contribution < -0.4 is 0 Å². The number of rotatable bonds is 5. The Labute approximate surface area is 109 Å². The van der Waals surface area contributed by atoms with Crippen molar-refractivity contribution in [2.24, 2.45) is 11.3 Å². The highest BCUT2D eigenvalue weighted by Crippen LogP contribution is 2.26. The summed E-state index contributed by atoms with van der Waals surface area (Å²) in [7, 11) is 0. The fraction of sp³-hybridized carbons (Fsp3) is 0.857. The molecule has 4 heteroatoms. The van der Waals surface area contributed by atoms with Gasteiger partial charge in [-0.25, -0.2) is 0 Å². The Morgan fingerprint density at radius 2 is 1.83 bits per heavy atom. The Morgan fingerprint density at radius 3 is 2.28 bits per heavy atom. The molecule has 0 saturated carbocycles. The molecule has 0 aromatic carbocycles. The molecule has 1 heterocycles. The molecule has 1 N–H and O–H groups in total. The third-order valence-electron chi connectivity index (χ3n) is 3.84. The van der Waals surface area contributed by atoms with Gasteiger partial charge in [-0.2, -0.15) is 0 Å². The maximum atomic E-state index is 12.0. The number of amides is 1. The van der Waals surface area contributed by atoms with E-state index in [-0.39, 0.29) is 12.3 Å². The van der Waals surface area contributed by atoms with E-state index in [1.807, 2.05) is 4.90 Å². The van der Waals surface area contributed by atoms with Crippen LogP contribution in [0, 0.1) is 11.3 Å². The van der Waals surface area contributed by atoms with Crippen molar-refractivity contribution in [1.82, 2.24) is 4.90 Å². The number of carboxylic acids is 1. The molecule has 18 heavy (non-hydrogen) atoms. The minimum Gasteiger partial charge on any atom is -0.481 e. The number of aliphatic carboxylic acids is 1. The van der Waals surface area contributed by atoms with Crippen LogP contribution in [-0.4, -0.2) is 35.0 Å². The Hall–Kier alpha value is -1.06. The molecule has 0 aliphatic carbocycles. The monoisotopic (exact) mass is 255 g/mol. The quantitative estimate of drug-likeness (QED) is 0.821. The third kappa shape index (κ3) is 4.00. The van der Waals surface area contributed by atoms with Crippen molar-refractivity contribution >= 4 is 11.9 Å². The molecular weight excluding hydrogens is 230 g/mol. The lowest BCUT2D eigenvalue weighted by Crippen LogP contribution is -2.41. The van der Waals surface area contributed by atoms with Crippen LogP contribution in [0.15, 0.2) is 0 Å². The summed E-state index contributed by atoms with van der Waals surface area (Å²) < 4.78 is 0. The highest BCUT2D eigenvalue weighted by atomic mass is 16.4. The number of carboxylic acid groups (broad SMARTS) is 1. The van der Waals surface area contributed by atoms with Gasteiger partial charge in [0.05, 0.1) is 5.41 Å². The second-order valence-corrected chi connectivity index (χ2v) is 5.98. The van der Waals surface area contributed by atoms with Gasteiger partial charge in [0, 0.05) is 19.5 Å². The molecule has 1 aliphatic rings. The molecule has 104 valence electrons. The van der Waals surface area contributed by atoms with Crippen molar-refractivity contribution < 1.29 is 14.7 Å². The van der Waals surface area contributed by atoms with Crippen molar-refractivity contribution in [3.63, 3.8) is 0 Å². The predicted molar refractivity (Wildman–Crippen MR) is 70.2 cm³/mol. The van der Waals surface area contributed by atoms with E-state index in [0.29, 0.717) is 0 Å². The average Bonchev–Trinajstić information content (AvgIpc) is 2.29. The van der Waals surface area contributed by atoms with Gasteiger partial charge in [0.25, 0.3) is 0 Å². The summed E-state index contributed by atoms with van der Waals surface area (Å²) >= 11 is 0. The van der Waals surface area contributed by atoms with Crippen LogP contribution in [0.5, 0.6) is 0 Å². The Balaban J connectivity index is 2.43. The first-order chi connectivity index (χ1) is 8.36. The van der Waals surface area contributed by atoms with Crippen LogP contribution in [0.4, 0.5) is 0 Å². The van der Waals surface area contributed by atoms with Gasteiger partial charge in [-0.1, -0.05) is 19.8 Å². The third-order valence-corrected chi connectivity index (χ3v) is 3.84. The molecule has 0 radical (unpaired) electrons. The molecule has 1 aliphatic heterocycles. The summed E-state index contributed by atoms with van der Waals surface area (Å²) in [6.45, 7) is 6.99. The van der Waals surface area contributed by atoms with Crippen LogP contribution in [0.1, 0.15) is 52.9 Å². The van der Waals surface area contributed by atoms with Gasteiger partial charge in [-0.3, -0.25) is 9.59 Å². The number of hydrogen-bond acceptors (Lipinski definition) is 2. The smallest absolute Gasteiger partial charge is 0.309 e. The maximum absolute atomic E-state index is 12.0. The van der Waals surface area contributed by atoms with Crippen LogP contribution in [0.2, 0.25) is 0 Å². The van der Waals surface area contributed by atoms with Gasteiger partial charge >= 0.3 is 5.97 Å².